The average Bonchev–Trinajstić information content (AvgIpc) is 2.68. The van der Waals surface area contributed by atoms with E-state index in [4.69, 9.17) is 11.6 Å². The first-order valence-corrected chi connectivity index (χ1v) is 7.48. The second-order valence-electron chi connectivity index (χ2n) is 3.99. The van der Waals surface area contributed by atoms with Crippen molar-refractivity contribution in [2.24, 2.45) is 0 Å². The van der Waals surface area contributed by atoms with Crippen LogP contribution in [0.2, 0.25) is 5.15 Å². The molecule has 0 atom stereocenters. The van der Waals surface area contributed by atoms with Crippen molar-refractivity contribution in [3.05, 3.63) is 25.5 Å². The molecule has 17 heavy (non-hydrogen) atoms. The molecule has 2 rings (SSSR count). The Morgan fingerprint density at radius 2 is 2.00 bits per heavy atom. The SMILES string of the molecule is Cc1csc(-c2nc(Cl)c(I)c(C(C)C)n2)n1. The monoisotopic (exact) mass is 379 g/mol. The fourth-order valence-corrected chi connectivity index (χ4v) is 3.14. The second kappa shape index (κ2) is 5.16. The van der Waals surface area contributed by atoms with Crippen LogP contribution in [-0.4, -0.2) is 15.0 Å². The van der Waals surface area contributed by atoms with Crippen LogP contribution >= 0.6 is 45.5 Å². The van der Waals surface area contributed by atoms with Crippen molar-refractivity contribution in [2.75, 3.05) is 0 Å². The van der Waals surface area contributed by atoms with Gasteiger partial charge in [0.25, 0.3) is 0 Å². The molecule has 0 aliphatic heterocycles. The standard InChI is InChI=1S/C11H11ClIN3S/c1-5(2)8-7(13)9(12)16-10(15-8)11-14-6(3)4-17-11/h4-5H,1-3H3. The summed E-state index contributed by atoms with van der Waals surface area (Å²) in [5.74, 6) is 0.944. The lowest BCUT2D eigenvalue weighted by Gasteiger charge is -2.09. The zero-order chi connectivity index (χ0) is 12.6. The van der Waals surface area contributed by atoms with Crippen LogP contribution in [-0.2, 0) is 0 Å². The molecule has 0 N–H and O–H groups in total. The van der Waals surface area contributed by atoms with E-state index in [1.54, 1.807) is 11.3 Å². The molecule has 0 aliphatic rings. The summed E-state index contributed by atoms with van der Waals surface area (Å²) < 4.78 is 0.927. The first-order chi connectivity index (χ1) is 7.99. The lowest BCUT2D eigenvalue weighted by Crippen LogP contribution is -2.02. The number of nitrogens with zero attached hydrogens (tertiary/aromatic N) is 3. The summed E-state index contributed by atoms with van der Waals surface area (Å²) in [7, 11) is 0. The van der Waals surface area contributed by atoms with E-state index in [9.17, 15) is 0 Å². The van der Waals surface area contributed by atoms with Crippen molar-refractivity contribution in [1.29, 1.82) is 0 Å². The highest BCUT2D eigenvalue weighted by Gasteiger charge is 2.16. The zero-order valence-electron chi connectivity index (χ0n) is 9.66. The van der Waals surface area contributed by atoms with E-state index in [2.05, 4.69) is 51.4 Å². The van der Waals surface area contributed by atoms with Crippen molar-refractivity contribution in [2.45, 2.75) is 26.7 Å². The van der Waals surface area contributed by atoms with Gasteiger partial charge < -0.3 is 0 Å². The second-order valence-corrected chi connectivity index (χ2v) is 6.28. The van der Waals surface area contributed by atoms with Crippen LogP contribution in [0.1, 0.15) is 31.2 Å². The Morgan fingerprint density at radius 3 is 2.53 bits per heavy atom. The van der Waals surface area contributed by atoms with Crippen LogP contribution in [0.3, 0.4) is 0 Å². The van der Waals surface area contributed by atoms with Crippen LogP contribution in [0.15, 0.2) is 5.38 Å². The van der Waals surface area contributed by atoms with Crippen molar-refractivity contribution in [1.82, 2.24) is 15.0 Å². The molecular formula is C11H11ClIN3S. The molecule has 0 fully saturated rings. The third-order valence-electron chi connectivity index (χ3n) is 2.19. The minimum atomic E-state index is 0.321. The van der Waals surface area contributed by atoms with Crippen LogP contribution in [0.5, 0.6) is 0 Å². The minimum absolute atomic E-state index is 0.321. The minimum Gasteiger partial charge on any atom is -0.238 e. The highest BCUT2D eigenvalue weighted by molar-refractivity contribution is 14.1. The number of rotatable bonds is 2. The molecule has 6 heteroatoms. The van der Waals surface area contributed by atoms with Crippen molar-refractivity contribution >= 4 is 45.5 Å². The molecule has 0 bridgehead atoms. The molecule has 0 radical (unpaired) electrons. The third kappa shape index (κ3) is 2.77. The van der Waals surface area contributed by atoms with Crippen LogP contribution in [0.25, 0.3) is 10.8 Å². The van der Waals surface area contributed by atoms with Crippen LogP contribution in [0.4, 0.5) is 0 Å². The van der Waals surface area contributed by atoms with E-state index in [1.165, 1.54) is 0 Å². The number of hydrogen-bond acceptors (Lipinski definition) is 4. The van der Waals surface area contributed by atoms with E-state index in [0.29, 0.717) is 16.9 Å². The van der Waals surface area contributed by atoms with Crippen molar-refractivity contribution in [3.63, 3.8) is 0 Å². The average molecular weight is 380 g/mol. The zero-order valence-corrected chi connectivity index (χ0v) is 13.4. The maximum absolute atomic E-state index is 6.14. The summed E-state index contributed by atoms with van der Waals surface area (Å²) in [6.07, 6.45) is 0. The Morgan fingerprint density at radius 1 is 1.29 bits per heavy atom. The first kappa shape index (κ1) is 13.2. The van der Waals surface area contributed by atoms with E-state index in [1.807, 2.05) is 12.3 Å². The normalized spacial score (nSPS) is 11.2. The molecular weight excluding hydrogens is 369 g/mol. The molecule has 2 aromatic rings. The van der Waals surface area contributed by atoms with Crippen molar-refractivity contribution < 1.29 is 0 Å². The Balaban J connectivity index is 2.56. The topological polar surface area (TPSA) is 38.7 Å². The summed E-state index contributed by atoms with van der Waals surface area (Å²) in [6.45, 7) is 6.15. The summed E-state index contributed by atoms with van der Waals surface area (Å²) in [5.41, 5.74) is 1.96. The van der Waals surface area contributed by atoms with E-state index < -0.39 is 0 Å². The molecule has 0 amide bonds. The predicted molar refractivity (Wildman–Crippen MR) is 79.7 cm³/mol. The summed E-state index contributed by atoms with van der Waals surface area (Å²) in [4.78, 5) is 13.2. The first-order valence-electron chi connectivity index (χ1n) is 5.14. The molecule has 3 nitrogen and oxygen atoms in total. The molecule has 0 aliphatic carbocycles. The molecule has 0 aromatic carbocycles. The van der Waals surface area contributed by atoms with Crippen LogP contribution < -0.4 is 0 Å². The Hall–Kier alpha value is -0.270. The number of aromatic nitrogens is 3. The van der Waals surface area contributed by atoms with Crippen molar-refractivity contribution in [3.8, 4) is 10.8 Å². The van der Waals surface area contributed by atoms with E-state index in [-0.39, 0.29) is 0 Å². The lowest BCUT2D eigenvalue weighted by molar-refractivity contribution is 0.808. The Bertz CT molecular complexity index is 554. The summed E-state index contributed by atoms with van der Waals surface area (Å²) >= 11 is 9.87. The van der Waals surface area contributed by atoms with Gasteiger partial charge in [0.05, 0.1) is 9.26 Å². The number of thiazole rings is 1. The number of halogens is 2. The van der Waals surface area contributed by atoms with Gasteiger partial charge in [0.2, 0.25) is 0 Å². The fraction of sp³-hybridized carbons (Fsp3) is 0.364. The molecule has 0 saturated carbocycles. The van der Waals surface area contributed by atoms with Gasteiger partial charge in [-0.3, -0.25) is 0 Å². The van der Waals surface area contributed by atoms with Gasteiger partial charge in [0, 0.05) is 11.1 Å². The van der Waals surface area contributed by atoms with Gasteiger partial charge in [0.15, 0.2) is 10.8 Å². The fourth-order valence-electron chi connectivity index (χ4n) is 1.37. The maximum atomic E-state index is 6.14. The largest absolute Gasteiger partial charge is 0.238 e. The highest BCUT2D eigenvalue weighted by atomic mass is 127. The van der Waals surface area contributed by atoms with Gasteiger partial charge in [-0.15, -0.1) is 11.3 Å². The Labute approximate surface area is 123 Å². The van der Waals surface area contributed by atoms with E-state index in [0.717, 1.165) is 20.0 Å². The molecule has 0 spiro atoms. The van der Waals surface area contributed by atoms with Gasteiger partial charge in [-0.25, -0.2) is 15.0 Å². The van der Waals surface area contributed by atoms with E-state index >= 15 is 0 Å². The molecule has 0 unspecified atom stereocenters. The van der Waals surface area contributed by atoms with Gasteiger partial charge >= 0.3 is 0 Å². The quantitative estimate of drug-likeness (QED) is 0.577. The lowest BCUT2D eigenvalue weighted by atomic mass is 10.1. The smallest absolute Gasteiger partial charge is 0.190 e. The molecule has 0 saturated heterocycles. The molecule has 2 heterocycles. The third-order valence-corrected chi connectivity index (χ3v) is 4.81. The number of aryl methyl sites for hydroxylation is 1. The van der Waals surface area contributed by atoms with Gasteiger partial charge in [-0.2, -0.15) is 0 Å². The summed E-state index contributed by atoms with van der Waals surface area (Å²) in [6, 6.07) is 0. The molecule has 2 aromatic heterocycles. The van der Waals surface area contributed by atoms with Gasteiger partial charge in [-0.1, -0.05) is 25.4 Å². The van der Waals surface area contributed by atoms with Crippen LogP contribution in [0, 0.1) is 10.5 Å². The molecule has 90 valence electrons. The van der Waals surface area contributed by atoms with Gasteiger partial charge in [0.1, 0.15) is 5.15 Å². The Kier molecular flexibility index (Phi) is 3.99. The number of hydrogen-bond donors (Lipinski definition) is 0. The predicted octanol–water partition coefficient (Wildman–Crippen LogP) is 4.29. The summed E-state index contributed by atoms with van der Waals surface area (Å²) in [5, 5.41) is 3.31. The highest BCUT2D eigenvalue weighted by Crippen LogP contribution is 2.29. The van der Waals surface area contributed by atoms with Gasteiger partial charge in [-0.05, 0) is 35.4 Å². The maximum Gasteiger partial charge on any atom is 0.190 e.